The third kappa shape index (κ3) is 6.35. The first-order valence-corrected chi connectivity index (χ1v) is 10.4. The molecule has 8 nitrogen and oxygen atoms in total. The number of aliphatic hydroxyl groups is 1. The van der Waals surface area contributed by atoms with Crippen LogP contribution in [-0.4, -0.2) is 93.7 Å². The molecule has 0 radical (unpaired) electrons. The highest BCUT2D eigenvalue weighted by Crippen LogP contribution is 2.32. The van der Waals surface area contributed by atoms with E-state index in [1.165, 1.54) is 0 Å². The van der Waals surface area contributed by atoms with Gasteiger partial charge in [0.1, 0.15) is 0 Å². The van der Waals surface area contributed by atoms with E-state index in [0.717, 1.165) is 68.8 Å². The number of benzene rings is 1. The van der Waals surface area contributed by atoms with Crippen molar-refractivity contribution in [1.29, 1.82) is 0 Å². The summed E-state index contributed by atoms with van der Waals surface area (Å²) in [4.78, 5) is 9.50. The molecule has 0 aromatic heterocycles. The van der Waals surface area contributed by atoms with Crippen molar-refractivity contribution in [3.8, 4) is 11.5 Å². The van der Waals surface area contributed by atoms with Gasteiger partial charge in [0.05, 0.1) is 46.1 Å². The number of hydrogen-bond donors (Lipinski definition) is 2. The van der Waals surface area contributed by atoms with Gasteiger partial charge in [-0.1, -0.05) is 6.07 Å². The van der Waals surface area contributed by atoms with E-state index < -0.39 is 0 Å². The molecule has 2 fully saturated rings. The van der Waals surface area contributed by atoms with E-state index in [-0.39, 0.29) is 36.1 Å². The van der Waals surface area contributed by atoms with Crippen LogP contribution in [0.2, 0.25) is 0 Å². The van der Waals surface area contributed by atoms with Crippen molar-refractivity contribution in [3.63, 3.8) is 0 Å². The molecule has 170 valence electrons. The molecule has 2 aliphatic heterocycles. The highest BCUT2D eigenvalue weighted by Gasteiger charge is 2.26. The van der Waals surface area contributed by atoms with Gasteiger partial charge >= 0.3 is 0 Å². The number of aliphatic hydroxyl groups excluding tert-OH is 1. The fourth-order valence-electron chi connectivity index (χ4n) is 3.91. The van der Waals surface area contributed by atoms with Crippen LogP contribution >= 0.6 is 24.0 Å². The van der Waals surface area contributed by atoms with Crippen LogP contribution in [-0.2, 0) is 4.74 Å². The minimum Gasteiger partial charge on any atom is -0.493 e. The summed E-state index contributed by atoms with van der Waals surface area (Å²) in [7, 11) is 3.31. The molecule has 0 spiro atoms. The quantitative estimate of drug-likeness (QED) is 0.314. The van der Waals surface area contributed by atoms with Crippen LogP contribution in [0.25, 0.3) is 0 Å². The number of morpholine rings is 1. The summed E-state index contributed by atoms with van der Waals surface area (Å²) in [5.74, 6) is 2.31. The molecule has 2 heterocycles. The smallest absolute Gasteiger partial charge is 0.194 e. The van der Waals surface area contributed by atoms with Gasteiger partial charge < -0.3 is 29.5 Å². The van der Waals surface area contributed by atoms with E-state index >= 15 is 0 Å². The summed E-state index contributed by atoms with van der Waals surface area (Å²) in [6.07, 6.45) is 0.507. The van der Waals surface area contributed by atoms with Gasteiger partial charge in [-0.2, -0.15) is 0 Å². The standard InChI is InChI=1S/C21H34N4O4.HI/c1-4-22-21(25-8-7-17(26)15-25)23-14-18(24-9-11-29-12-10-24)16-5-6-19(27-2)20(13-16)28-3;/h5-6,13,17-18,26H,4,7-12,14-15H2,1-3H3,(H,22,23);1H/t17-,18?;/m1./s1. The highest BCUT2D eigenvalue weighted by molar-refractivity contribution is 14.0. The Morgan fingerprint density at radius 1 is 1.23 bits per heavy atom. The molecule has 2 aliphatic rings. The topological polar surface area (TPSA) is 78.8 Å². The van der Waals surface area contributed by atoms with Crippen molar-refractivity contribution in [2.24, 2.45) is 4.99 Å². The summed E-state index contributed by atoms with van der Waals surface area (Å²) >= 11 is 0. The lowest BCUT2D eigenvalue weighted by Crippen LogP contribution is -2.43. The Morgan fingerprint density at radius 2 is 1.97 bits per heavy atom. The van der Waals surface area contributed by atoms with E-state index in [2.05, 4.69) is 28.1 Å². The van der Waals surface area contributed by atoms with Crippen molar-refractivity contribution < 1.29 is 19.3 Å². The Labute approximate surface area is 196 Å². The monoisotopic (exact) mass is 534 g/mol. The first kappa shape index (κ1) is 25.0. The second kappa shape index (κ2) is 12.5. The number of aliphatic imine (C=N–C) groups is 1. The van der Waals surface area contributed by atoms with E-state index in [0.29, 0.717) is 13.1 Å². The number of ether oxygens (including phenoxy) is 3. The predicted molar refractivity (Wildman–Crippen MR) is 128 cm³/mol. The van der Waals surface area contributed by atoms with Crippen LogP contribution in [0.5, 0.6) is 11.5 Å². The maximum Gasteiger partial charge on any atom is 0.194 e. The molecule has 1 unspecified atom stereocenters. The molecule has 0 aliphatic carbocycles. The lowest BCUT2D eigenvalue weighted by molar-refractivity contribution is 0.0179. The zero-order chi connectivity index (χ0) is 20.6. The van der Waals surface area contributed by atoms with E-state index in [1.54, 1.807) is 14.2 Å². The van der Waals surface area contributed by atoms with Crippen LogP contribution < -0.4 is 14.8 Å². The van der Waals surface area contributed by atoms with Crippen molar-refractivity contribution in [2.45, 2.75) is 25.5 Å². The number of halogens is 1. The minimum absolute atomic E-state index is 0. The van der Waals surface area contributed by atoms with Crippen molar-refractivity contribution >= 4 is 29.9 Å². The van der Waals surface area contributed by atoms with Crippen LogP contribution in [0, 0.1) is 0 Å². The number of rotatable bonds is 7. The average Bonchev–Trinajstić information content (AvgIpc) is 3.19. The second-order valence-corrected chi connectivity index (χ2v) is 7.36. The first-order valence-electron chi connectivity index (χ1n) is 10.4. The lowest BCUT2D eigenvalue weighted by atomic mass is 10.0. The second-order valence-electron chi connectivity index (χ2n) is 7.36. The van der Waals surface area contributed by atoms with Crippen LogP contribution in [0.4, 0.5) is 0 Å². The normalized spacial score (nSPS) is 21.1. The number of hydrogen-bond acceptors (Lipinski definition) is 6. The molecule has 3 rings (SSSR count). The number of nitrogens with one attached hydrogen (secondary N) is 1. The molecule has 9 heteroatoms. The Morgan fingerprint density at radius 3 is 2.57 bits per heavy atom. The van der Waals surface area contributed by atoms with Gasteiger partial charge in [0, 0.05) is 32.7 Å². The number of likely N-dealkylation sites (tertiary alicyclic amines) is 1. The van der Waals surface area contributed by atoms with Crippen LogP contribution in [0.1, 0.15) is 24.9 Å². The number of β-amino-alcohol motifs (C(OH)–C–C–N with tert-alkyl or cyclic N) is 1. The Hall–Kier alpha value is -1.30. The summed E-state index contributed by atoms with van der Waals surface area (Å²) < 4.78 is 16.5. The molecule has 2 N–H and O–H groups in total. The van der Waals surface area contributed by atoms with E-state index in [4.69, 9.17) is 19.2 Å². The van der Waals surface area contributed by atoms with Gasteiger partial charge in [-0.05, 0) is 31.0 Å². The predicted octanol–water partition coefficient (Wildman–Crippen LogP) is 1.73. The Bertz CT molecular complexity index is 685. The van der Waals surface area contributed by atoms with Crippen LogP contribution in [0.3, 0.4) is 0 Å². The van der Waals surface area contributed by atoms with Gasteiger partial charge in [-0.25, -0.2) is 0 Å². The van der Waals surface area contributed by atoms with Gasteiger partial charge in [0.15, 0.2) is 17.5 Å². The average molecular weight is 534 g/mol. The van der Waals surface area contributed by atoms with Crippen molar-refractivity contribution in [1.82, 2.24) is 15.1 Å². The molecule has 1 aromatic carbocycles. The number of nitrogens with zero attached hydrogens (tertiary/aromatic N) is 3. The van der Waals surface area contributed by atoms with Gasteiger partial charge in [0.2, 0.25) is 0 Å². The summed E-state index contributed by atoms with van der Waals surface area (Å²) in [6, 6.07) is 6.19. The first-order chi connectivity index (χ1) is 14.2. The minimum atomic E-state index is -0.278. The summed E-state index contributed by atoms with van der Waals surface area (Å²) in [6.45, 7) is 8.12. The fourth-order valence-corrected chi connectivity index (χ4v) is 3.91. The maximum absolute atomic E-state index is 9.91. The molecule has 0 saturated carbocycles. The third-order valence-electron chi connectivity index (χ3n) is 5.49. The SMILES string of the molecule is CCNC(=NCC(c1ccc(OC)c(OC)c1)N1CCOCC1)N1CC[C@@H](O)C1.I. The summed E-state index contributed by atoms with van der Waals surface area (Å²) in [5, 5.41) is 13.3. The number of methoxy groups -OCH3 is 2. The lowest BCUT2D eigenvalue weighted by Gasteiger charge is -2.34. The molecular weight excluding hydrogens is 499 g/mol. The fraction of sp³-hybridized carbons (Fsp3) is 0.667. The Kier molecular flexibility index (Phi) is 10.4. The van der Waals surface area contributed by atoms with Gasteiger partial charge in [-0.15, -0.1) is 24.0 Å². The number of guanidine groups is 1. The molecular formula is C21H35IN4O4. The molecule has 0 bridgehead atoms. The third-order valence-corrected chi connectivity index (χ3v) is 5.49. The van der Waals surface area contributed by atoms with E-state index in [1.807, 2.05) is 12.1 Å². The largest absolute Gasteiger partial charge is 0.493 e. The van der Waals surface area contributed by atoms with E-state index in [9.17, 15) is 5.11 Å². The summed E-state index contributed by atoms with van der Waals surface area (Å²) in [5.41, 5.74) is 1.14. The van der Waals surface area contributed by atoms with Crippen LogP contribution in [0.15, 0.2) is 23.2 Å². The zero-order valence-electron chi connectivity index (χ0n) is 18.2. The molecule has 1 aromatic rings. The molecule has 30 heavy (non-hydrogen) atoms. The zero-order valence-corrected chi connectivity index (χ0v) is 20.5. The molecule has 2 saturated heterocycles. The van der Waals surface area contributed by atoms with Crippen molar-refractivity contribution in [2.75, 3.05) is 66.7 Å². The van der Waals surface area contributed by atoms with Crippen molar-refractivity contribution in [3.05, 3.63) is 23.8 Å². The molecule has 0 amide bonds. The highest BCUT2D eigenvalue weighted by atomic mass is 127. The Balaban J connectivity index is 0.00000320. The van der Waals surface area contributed by atoms with Gasteiger partial charge in [0.25, 0.3) is 0 Å². The maximum atomic E-state index is 9.91. The molecule has 2 atom stereocenters. The van der Waals surface area contributed by atoms with Gasteiger partial charge in [-0.3, -0.25) is 9.89 Å².